The third kappa shape index (κ3) is 17.6. The number of aliphatic carboxylic acids is 1. The SMILES string of the molecule is CCCCCCCCN(CCCCCCCC)CCCC(=O)O. The van der Waals surface area contributed by atoms with Gasteiger partial charge in [0.25, 0.3) is 0 Å². The normalized spacial score (nSPS) is 11.3. The lowest BCUT2D eigenvalue weighted by Crippen LogP contribution is -2.27. The Bertz CT molecular complexity index is 240. The van der Waals surface area contributed by atoms with Crippen LogP contribution in [0.2, 0.25) is 0 Å². The van der Waals surface area contributed by atoms with E-state index < -0.39 is 5.97 Å². The summed E-state index contributed by atoms with van der Waals surface area (Å²) < 4.78 is 0. The van der Waals surface area contributed by atoms with E-state index in [4.69, 9.17) is 5.11 Å². The summed E-state index contributed by atoms with van der Waals surface area (Å²) in [4.78, 5) is 13.2. The fourth-order valence-corrected chi connectivity index (χ4v) is 3.02. The smallest absolute Gasteiger partial charge is 0.303 e. The van der Waals surface area contributed by atoms with Crippen molar-refractivity contribution >= 4 is 5.97 Å². The molecule has 3 nitrogen and oxygen atoms in total. The Balaban J connectivity index is 3.77. The number of carbonyl (C=O) groups is 1. The lowest BCUT2D eigenvalue weighted by molar-refractivity contribution is -0.137. The highest BCUT2D eigenvalue weighted by Crippen LogP contribution is 2.09. The molecule has 0 aliphatic carbocycles. The van der Waals surface area contributed by atoms with Crippen LogP contribution in [0.3, 0.4) is 0 Å². The average molecular weight is 328 g/mol. The summed E-state index contributed by atoms with van der Waals surface area (Å²) in [6.07, 6.45) is 17.1. The zero-order valence-corrected chi connectivity index (χ0v) is 15.8. The second-order valence-corrected chi connectivity index (χ2v) is 6.87. The number of hydrogen-bond donors (Lipinski definition) is 1. The number of nitrogens with zero attached hydrogens (tertiary/aromatic N) is 1. The first kappa shape index (κ1) is 22.4. The highest BCUT2D eigenvalue weighted by atomic mass is 16.4. The number of carboxylic acid groups (broad SMARTS) is 1. The van der Waals surface area contributed by atoms with Gasteiger partial charge in [0.2, 0.25) is 0 Å². The molecule has 0 bridgehead atoms. The summed E-state index contributed by atoms with van der Waals surface area (Å²) in [7, 11) is 0. The molecule has 0 unspecified atom stereocenters. The largest absolute Gasteiger partial charge is 0.481 e. The van der Waals surface area contributed by atoms with Crippen LogP contribution in [0.25, 0.3) is 0 Å². The van der Waals surface area contributed by atoms with Crippen LogP contribution < -0.4 is 0 Å². The molecular weight excluding hydrogens is 286 g/mol. The van der Waals surface area contributed by atoms with Crippen molar-refractivity contribution in [2.24, 2.45) is 0 Å². The maximum atomic E-state index is 10.7. The Hall–Kier alpha value is -0.570. The molecule has 0 heterocycles. The second-order valence-electron chi connectivity index (χ2n) is 6.87. The summed E-state index contributed by atoms with van der Waals surface area (Å²) in [5.74, 6) is -0.663. The quantitative estimate of drug-likeness (QED) is 0.320. The van der Waals surface area contributed by atoms with E-state index in [1.54, 1.807) is 0 Å². The Labute approximate surface area is 144 Å². The minimum atomic E-state index is -0.663. The number of unbranched alkanes of at least 4 members (excludes halogenated alkanes) is 10. The van der Waals surface area contributed by atoms with Gasteiger partial charge < -0.3 is 10.0 Å². The third-order valence-corrected chi connectivity index (χ3v) is 4.52. The molecule has 0 atom stereocenters. The highest BCUT2D eigenvalue weighted by Gasteiger charge is 2.06. The van der Waals surface area contributed by atoms with Gasteiger partial charge in [-0.2, -0.15) is 0 Å². The zero-order chi connectivity index (χ0) is 17.2. The van der Waals surface area contributed by atoms with Crippen LogP contribution in [-0.4, -0.2) is 35.6 Å². The molecule has 0 fully saturated rings. The summed E-state index contributed by atoms with van der Waals surface area (Å²) in [6.45, 7) is 7.77. The Morgan fingerprint density at radius 1 is 0.652 bits per heavy atom. The van der Waals surface area contributed by atoms with Crippen molar-refractivity contribution in [1.29, 1.82) is 0 Å². The van der Waals surface area contributed by atoms with Gasteiger partial charge in [0, 0.05) is 6.42 Å². The molecule has 0 aromatic heterocycles. The molecule has 0 aliphatic rings. The van der Waals surface area contributed by atoms with Gasteiger partial charge in [-0.3, -0.25) is 4.79 Å². The standard InChI is InChI=1S/C20H41NO2/c1-3-5-7-9-11-13-17-21(19-15-16-20(22)23)18-14-12-10-8-6-4-2/h3-19H2,1-2H3,(H,22,23). The van der Waals surface area contributed by atoms with Gasteiger partial charge in [-0.1, -0.05) is 78.1 Å². The average Bonchev–Trinajstić information content (AvgIpc) is 2.53. The Morgan fingerprint density at radius 2 is 1.04 bits per heavy atom. The van der Waals surface area contributed by atoms with E-state index in [0.29, 0.717) is 6.42 Å². The van der Waals surface area contributed by atoms with E-state index >= 15 is 0 Å². The Kier molecular flexibility index (Phi) is 17.3. The molecule has 23 heavy (non-hydrogen) atoms. The maximum absolute atomic E-state index is 10.7. The molecule has 0 spiro atoms. The van der Waals surface area contributed by atoms with Crippen molar-refractivity contribution in [2.75, 3.05) is 19.6 Å². The molecular formula is C20H41NO2. The van der Waals surface area contributed by atoms with Crippen molar-refractivity contribution in [3.63, 3.8) is 0 Å². The van der Waals surface area contributed by atoms with Crippen LogP contribution in [0, 0.1) is 0 Å². The lowest BCUT2D eigenvalue weighted by atomic mass is 10.1. The van der Waals surface area contributed by atoms with E-state index in [2.05, 4.69) is 18.7 Å². The van der Waals surface area contributed by atoms with E-state index in [-0.39, 0.29) is 0 Å². The third-order valence-electron chi connectivity index (χ3n) is 4.52. The fourth-order valence-electron chi connectivity index (χ4n) is 3.02. The van der Waals surface area contributed by atoms with E-state index in [0.717, 1.165) is 26.1 Å². The first-order valence-electron chi connectivity index (χ1n) is 10.1. The maximum Gasteiger partial charge on any atom is 0.303 e. The zero-order valence-electron chi connectivity index (χ0n) is 15.8. The number of rotatable bonds is 18. The van der Waals surface area contributed by atoms with Gasteiger partial charge in [0.05, 0.1) is 0 Å². The summed E-state index contributed by atoms with van der Waals surface area (Å²) in [5, 5.41) is 8.80. The molecule has 3 heteroatoms. The van der Waals surface area contributed by atoms with Gasteiger partial charge in [0.15, 0.2) is 0 Å². The molecule has 0 rings (SSSR count). The van der Waals surface area contributed by atoms with E-state index in [1.165, 1.54) is 77.0 Å². The van der Waals surface area contributed by atoms with Crippen molar-refractivity contribution in [3.8, 4) is 0 Å². The molecule has 0 saturated carbocycles. The summed E-state index contributed by atoms with van der Waals surface area (Å²) in [5.41, 5.74) is 0. The molecule has 138 valence electrons. The second kappa shape index (κ2) is 17.8. The summed E-state index contributed by atoms with van der Waals surface area (Å²) in [6, 6.07) is 0. The first-order chi connectivity index (χ1) is 11.2. The summed E-state index contributed by atoms with van der Waals surface area (Å²) >= 11 is 0. The van der Waals surface area contributed by atoms with Crippen molar-refractivity contribution in [1.82, 2.24) is 4.90 Å². The minimum Gasteiger partial charge on any atom is -0.481 e. The topological polar surface area (TPSA) is 40.5 Å². The molecule has 0 aromatic carbocycles. The monoisotopic (exact) mass is 327 g/mol. The van der Waals surface area contributed by atoms with Crippen LogP contribution >= 0.6 is 0 Å². The molecule has 0 aromatic rings. The molecule has 0 amide bonds. The van der Waals surface area contributed by atoms with Gasteiger partial charge in [-0.25, -0.2) is 0 Å². The first-order valence-corrected chi connectivity index (χ1v) is 10.1. The Morgan fingerprint density at radius 3 is 1.48 bits per heavy atom. The van der Waals surface area contributed by atoms with Gasteiger partial charge in [-0.05, 0) is 38.9 Å². The van der Waals surface area contributed by atoms with E-state index in [9.17, 15) is 4.79 Å². The highest BCUT2D eigenvalue weighted by molar-refractivity contribution is 5.66. The minimum absolute atomic E-state index is 0.309. The van der Waals surface area contributed by atoms with Crippen molar-refractivity contribution in [2.45, 2.75) is 104 Å². The predicted octanol–water partition coefficient (Wildman–Crippen LogP) is 5.87. The van der Waals surface area contributed by atoms with Gasteiger partial charge in [0.1, 0.15) is 0 Å². The van der Waals surface area contributed by atoms with Crippen LogP contribution in [0.5, 0.6) is 0 Å². The predicted molar refractivity (Wildman–Crippen MR) is 100 cm³/mol. The van der Waals surface area contributed by atoms with Crippen LogP contribution in [0.4, 0.5) is 0 Å². The van der Waals surface area contributed by atoms with Crippen molar-refractivity contribution in [3.05, 3.63) is 0 Å². The lowest BCUT2D eigenvalue weighted by Gasteiger charge is -2.22. The number of hydrogen-bond acceptors (Lipinski definition) is 2. The van der Waals surface area contributed by atoms with Crippen LogP contribution in [-0.2, 0) is 4.79 Å². The molecule has 0 saturated heterocycles. The molecule has 1 N–H and O–H groups in total. The molecule has 0 aliphatic heterocycles. The number of carboxylic acids is 1. The van der Waals surface area contributed by atoms with E-state index in [1.807, 2.05) is 0 Å². The van der Waals surface area contributed by atoms with Gasteiger partial charge in [-0.15, -0.1) is 0 Å². The fraction of sp³-hybridized carbons (Fsp3) is 0.950. The van der Waals surface area contributed by atoms with Crippen LogP contribution in [0.1, 0.15) is 104 Å². The van der Waals surface area contributed by atoms with Crippen molar-refractivity contribution < 1.29 is 9.90 Å². The van der Waals surface area contributed by atoms with Gasteiger partial charge >= 0.3 is 5.97 Å². The van der Waals surface area contributed by atoms with Crippen LogP contribution in [0.15, 0.2) is 0 Å². The molecule has 0 radical (unpaired) electrons.